The Balaban J connectivity index is 0.000000186. The summed E-state index contributed by atoms with van der Waals surface area (Å²) >= 11 is 0. The molecule has 0 spiro atoms. The summed E-state index contributed by atoms with van der Waals surface area (Å²) in [6.07, 6.45) is 9.15. The van der Waals surface area contributed by atoms with Crippen molar-refractivity contribution in [1.82, 2.24) is 10.2 Å². The van der Waals surface area contributed by atoms with Gasteiger partial charge in [-0.2, -0.15) is 0 Å². The third-order valence-corrected chi connectivity index (χ3v) is 6.62. The lowest BCUT2D eigenvalue weighted by atomic mass is 9.82. The Morgan fingerprint density at radius 2 is 1.66 bits per heavy atom. The lowest BCUT2D eigenvalue weighted by Crippen LogP contribution is -2.34. The average Bonchev–Trinajstić information content (AvgIpc) is 3.13. The van der Waals surface area contributed by atoms with E-state index in [1.165, 1.54) is 63.7 Å². The molecular formula is C27H34N2O3. The van der Waals surface area contributed by atoms with Gasteiger partial charge < -0.3 is 9.64 Å². The predicted molar refractivity (Wildman–Crippen MR) is 126 cm³/mol. The van der Waals surface area contributed by atoms with E-state index in [4.69, 9.17) is 4.74 Å². The number of nitrogens with zero attached hydrogens (tertiary/aromatic N) is 1. The monoisotopic (exact) mass is 434 g/mol. The molecule has 1 aliphatic carbocycles. The molecule has 2 amide bonds. The third kappa shape index (κ3) is 5.21. The Hall–Kier alpha value is -2.66. The number of hydrogen-bond donors (Lipinski definition) is 1. The van der Waals surface area contributed by atoms with E-state index in [0.717, 1.165) is 24.7 Å². The molecule has 0 bridgehead atoms. The van der Waals surface area contributed by atoms with E-state index in [0.29, 0.717) is 11.1 Å². The third-order valence-electron chi connectivity index (χ3n) is 6.62. The van der Waals surface area contributed by atoms with E-state index in [1.54, 1.807) is 29.8 Å². The maximum Gasteiger partial charge on any atom is 0.258 e. The van der Waals surface area contributed by atoms with Crippen molar-refractivity contribution in [3.8, 4) is 5.75 Å². The second-order valence-electron chi connectivity index (χ2n) is 8.95. The summed E-state index contributed by atoms with van der Waals surface area (Å²) in [4.78, 5) is 24.6. The van der Waals surface area contributed by atoms with Gasteiger partial charge in [0.1, 0.15) is 5.75 Å². The first kappa shape index (κ1) is 22.5. The molecule has 2 aromatic rings. The van der Waals surface area contributed by atoms with E-state index in [1.807, 2.05) is 0 Å². The summed E-state index contributed by atoms with van der Waals surface area (Å²) in [6, 6.07) is 13.4. The van der Waals surface area contributed by atoms with Crippen molar-refractivity contribution in [3.63, 3.8) is 0 Å². The molecule has 0 saturated carbocycles. The van der Waals surface area contributed by atoms with Gasteiger partial charge in [-0.25, -0.2) is 0 Å². The van der Waals surface area contributed by atoms with Gasteiger partial charge >= 0.3 is 0 Å². The summed E-state index contributed by atoms with van der Waals surface area (Å²) < 4.78 is 5.98. The van der Waals surface area contributed by atoms with Crippen molar-refractivity contribution < 1.29 is 14.3 Å². The maximum absolute atomic E-state index is 10.9. The number of nitrogens with one attached hydrogen (secondary N) is 1. The lowest BCUT2D eigenvalue weighted by Gasteiger charge is -2.34. The fraction of sp³-hybridized carbons (Fsp3) is 0.481. The predicted octanol–water partition coefficient (Wildman–Crippen LogP) is 4.95. The number of rotatable bonds is 5. The van der Waals surface area contributed by atoms with Gasteiger partial charge in [-0.3, -0.25) is 14.9 Å². The summed E-state index contributed by atoms with van der Waals surface area (Å²) in [5.74, 6) is 1.27. The van der Waals surface area contributed by atoms with Crippen LogP contribution in [0.2, 0.25) is 0 Å². The number of likely N-dealkylation sites (tertiary alicyclic amines) is 1. The molecule has 1 atom stereocenters. The van der Waals surface area contributed by atoms with Crippen LogP contribution in [-0.2, 0) is 6.42 Å². The molecule has 1 N–H and O–H groups in total. The number of amides is 2. The van der Waals surface area contributed by atoms with Gasteiger partial charge in [0.15, 0.2) is 0 Å². The average molecular weight is 435 g/mol. The highest BCUT2D eigenvalue weighted by Gasteiger charge is 2.26. The highest BCUT2D eigenvalue weighted by Crippen LogP contribution is 2.37. The Bertz CT molecular complexity index is 917. The number of piperidine rings is 1. The fourth-order valence-electron chi connectivity index (χ4n) is 5.02. The molecule has 1 fully saturated rings. The van der Waals surface area contributed by atoms with Gasteiger partial charge in [-0.15, -0.1) is 0 Å². The van der Waals surface area contributed by atoms with E-state index in [-0.39, 0.29) is 11.8 Å². The van der Waals surface area contributed by atoms with Crippen molar-refractivity contribution >= 4 is 11.8 Å². The van der Waals surface area contributed by atoms with Gasteiger partial charge in [-0.1, -0.05) is 37.6 Å². The number of hydrogen-bond acceptors (Lipinski definition) is 4. The number of ether oxygens (including phenoxy) is 1. The van der Waals surface area contributed by atoms with Gasteiger partial charge in [0.25, 0.3) is 11.8 Å². The lowest BCUT2D eigenvalue weighted by molar-refractivity contribution is 0.0879. The second kappa shape index (κ2) is 10.8. The van der Waals surface area contributed by atoms with Crippen LogP contribution >= 0.6 is 0 Å². The number of imide groups is 1. The number of carbonyl (C=O) groups is 2. The fourth-order valence-corrected chi connectivity index (χ4v) is 5.02. The Labute approximate surface area is 191 Å². The largest absolute Gasteiger partial charge is 0.493 e. The highest BCUT2D eigenvalue weighted by molar-refractivity contribution is 6.21. The SMILES string of the molecule is CCCOc1cccc2c1CCCC2CN1CCCCC1.O=C1NC(=O)c2ccccc21. The zero-order chi connectivity index (χ0) is 22.3. The quantitative estimate of drug-likeness (QED) is 0.677. The molecule has 0 aromatic heterocycles. The summed E-state index contributed by atoms with van der Waals surface area (Å²) in [5, 5.41) is 2.20. The standard InChI is InChI=1S/C19H29NO.C8H5NO2/c1-2-14-21-19-11-7-9-17-16(8-6-10-18(17)19)15-20-12-4-3-5-13-20;10-7-5-3-1-2-4-6(5)8(11)9-7/h7,9,11,16H,2-6,8,10,12-15H2,1H3;1-4H,(H,9,10,11). The van der Waals surface area contributed by atoms with Crippen LogP contribution in [0.25, 0.3) is 0 Å². The van der Waals surface area contributed by atoms with Crippen molar-refractivity contribution in [2.75, 3.05) is 26.2 Å². The molecule has 32 heavy (non-hydrogen) atoms. The molecule has 0 radical (unpaired) electrons. The molecule has 5 nitrogen and oxygen atoms in total. The second-order valence-corrected chi connectivity index (χ2v) is 8.95. The van der Waals surface area contributed by atoms with Crippen LogP contribution < -0.4 is 10.1 Å². The summed E-state index contributed by atoms with van der Waals surface area (Å²) in [6.45, 7) is 6.88. The van der Waals surface area contributed by atoms with Crippen molar-refractivity contribution in [2.24, 2.45) is 0 Å². The number of benzene rings is 2. The molecule has 3 aliphatic rings. The molecule has 2 aromatic carbocycles. The molecule has 5 heteroatoms. The normalized spacial score (nSPS) is 20.0. The van der Waals surface area contributed by atoms with Crippen LogP contribution in [0.5, 0.6) is 5.75 Å². The van der Waals surface area contributed by atoms with E-state index < -0.39 is 0 Å². The van der Waals surface area contributed by atoms with Gasteiger partial charge in [-0.05, 0) is 86.9 Å². The van der Waals surface area contributed by atoms with Crippen LogP contribution in [0.3, 0.4) is 0 Å². The van der Waals surface area contributed by atoms with Crippen LogP contribution in [0.1, 0.15) is 83.2 Å². The first-order valence-electron chi connectivity index (χ1n) is 12.1. The molecule has 1 saturated heterocycles. The minimum atomic E-state index is -0.300. The minimum absolute atomic E-state index is 0.300. The zero-order valence-corrected chi connectivity index (χ0v) is 19.1. The van der Waals surface area contributed by atoms with Gasteiger partial charge in [0, 0.05) is 6.54 Å². The van der Waals surface area contributed by atoms with Crippen molar-refractivity contribution in [2.45, 2.75) is 57.8 Å². The molecule has 5 rings (SSSR count). The number of carbonyl (C=O) groups excluding carboxylic acids is 2. The smallest absolute Gasteiger partial charge is 0.258 e. The first-order valence-corrected chi connectivity index (χ1v) is 12.1. The molecule has 170 valence electrons. The summed E-state index contributed by atoms with van der Waals surface area (Å²) in [7, 11) is 0. The van der Waals surface area contributed by atoms with E-state index in [2.05, 4.69) is 35.3 Å². The van der Waals surface area contributed by atoms with Crippen LogP contribution in [-0.4, -0.2) is 43.0 Å². The topological polar surface area (TPSA) is 58.6 Å². The van der Waals surface area contributed by atoms with Crippen LogP contribution in [0, 0.1) is 0 Å². The molecule has 1 unspecified atom stereocenters. The number of fused-ring (bicyclic) bond motifs is 2. The first-order chi connectivity index (χ1) is 15.7. The Kier molecular flexibility index (Phi) is 7.59. The maximum atomic E-state index is 10.9. The van der Waals surface area contributed by atoms with E-state index >= 15 is 0 Å². The van der Waals surface area contributed by atoms with Crippen molar-refractivity contribution in [3.05, 3.63) is 64.7 Å². The van der Waals surface area contributed by atoms with Crippen molar-refractivity contribution in [1.29, 1.82) is 0 Å². The van der Waals surface area contributed by atoms with E-state index in [9.17, 15) is 9.59 Å². The molecular weight excluding hydrogens is 400 g/mol. The Morgan fingerprint density at radius 3 is 2.34 bits per heavy atom. The van der Waals surface area contributed by atoms with Gasteiger partial charge in [0.2, 0.25) is 0 Å². The molecule has 2 aliphatic heterocycles. The van der Waals surface area contributed by atoms with Crippen LogP contribution in [0.4, 0.5) is 0 Å². The van der Waals surface area contributed by atoms with Gasteiger partial charge in [0.05, 0.1) is 17.7 Å². The molecule has 2 heterocycles. The zero-order valence-electron chi connectivity index (χ0n) is 19.1. The minimum Gasteiger partial charge on any atom is -0.493 e. The van der Waals surface area contributed by atoms with Crippen LogP contribution in [0.15, 0.2) is 42.5 Å². The summed E-state index contributed by atoms with van der Waals surface area (Å²) in [5.41, 5.74) is 4.01. The highest BCUT2D eigenvalue weighted by atomic mass is 16.5. The Morgan fingerprint density at radius 1 is 0.938 bits per heavy atom.